The smallest absolute Gasteiger partial charge is 0.407 e. The second-order valence-corrected chi connectivity index (χ2v) is 10.9. The molecular weight excluding hydrogens is 511 g/mol. The molecule has 0 radical (unpaired) electrons. The lowest BCUT2D eigenvalue weighted by Crippen LogP contribution is -2.46. The molecule has 1 heterocycles. The fourth-order valence-corrected chi connectivity index (χ4v) is 4.61. The largest absolute Gasteiger partial charge is 0.466 e. The van der Waals surface area contributed by atoms with Crippen molar-refractivity contribution in [3.8, 4) is 11.1 Å². The molecule has 0 aliphatic carbocycles. The van der Waals surface area contributed by atoms with Gasteiger partial charge >= 0.3 is 12.1 Å². The fourth-order valence-electron chi connectivity index (χ4n) is 4.44. The number of morpholine rings is 1. The summed E-state index contributed by atoms with van der Waals surface area (Å²) in [5.41, 5.74) is 1.37. The molecule has 38 heavy (non-hydrogen) atoms. The minimum absolute atomic E-state index is 0.282. The lowest BCUT2D eigenvalue weighted by Gasteiger charge is -2.31. The number of nitrogens with one attached hydrogen (secondary N) is 1. The maximum atomic E-state index is 14.3. The van der Waals surface area contributed by atoms with Crippen molar-refractivity contribution in [1.82, 2.24) is 10.2 Å². The Morgan fingerprint density at radius 3 is 2.45 bits per heavy atom. The van der Waals surface area contributed by atoms with E-state index in [0.29, 0.717) is 48.7 Å². The first-order chi connectivity index (χ1) is 18.0. The second kappa shape index (κ2) is 13.9. The SMILES string of the molecule is CCOC(=O)[C@@H](C[C@@H](Cc1ccc(-c2cc(Cl)ccc2F)cc1)NC(=O)OC(C)(C)C)CN1CCOCC1. The van der Waals surface area contributed by atoms with Gasteiger partial charge in [-0.05, 0) is 69.9 Å². The monoisotopic (exact) mass is 548 g/mol. The van der Waals surface area contributed by atoms with E-state index in [9.17, 15) is 14.0 Å². The molecule has 7 nitrogen and oxygen atoms in total. The third kappa shape index (κ3) is 9.57. The summed E-state index contributed by atoms with van der Waals surface area (Å²) < 4.78 is 30.7. The molecule has 0 saturated carbocycles. The van der Waals surface area contributed by atoms with Crippen LogP contribution in [0.1, 0.15) is 39.7 Å². The standard InChI is InChI=1S/C29H38ClFN2O5/c1-5-37-27(34)22(19-33-12-14-36-15-13-33)17-24(32-28(35)38-29(2,3)4)16-20-6-8-21(9-7-20)25-18-23(30)10-11-26(25)31/h6-11,18,22,24H,5,12-17,19H2,1-4H3,(H,32,35)/t22-,24+/m0/s1. The first-order valence-electron chi connectivity index (χ1n) is 13.0. The highest BCUT2D eigenvalue weighted by Crippen LogP contribution is 2.27. The maximum Gasteiger partial charge on any atom is 0.407 e. The van der Waals surface area contributed by atoms with Crippen LogP contribution in [0.5, 0.6) is 0 Å². The molecule has 0 aromatic heterocycles. The van der Waals surface area contributed by atoms with Gasteiger partial charge in [0.25, 0.3) is 0 Å². The van der Waals surface area contributed by atoms with Gasteiger partial charge in [-0.15, -0.1) is 0 Å². The van der Waals surface area contributed by atoms with E-state index in [1.807, 2.05) is 24.3 Å². The summed E-state index contributed by atoms with van der Waals surface area (Å²) in [5.74, 6) is -1.08. The van der Waals surface area contributed by atoms with Crippen molar-refractivity contribution in [2.75, 3.05) is 39.5 Å². The zero-order valence-electron chi connectivity index (χ0n) is 22.6. The number of carbonyl (C=O) groups excluding carboxylic acids is 2. The van der Waals surface area contributed by atoms with Gasteiger partial charge in [0.15, 0.2) is 0 Å². The van der Waals surface area contributed by atoms with Gasteiger partial charge in [0.05, 0.1) is 25.7 Å². The van der Waals surface area contributed by atoms with E-state index in [1.54, 1.807) is 33.8 Å². The van der Waals surface area contributed by atoms with Crippen LogP contribution in [0.25, 0.3) is 11.1 Å². The number of rotatable bonds is 10. The summed E-state index contributed by atoms with van der Waals surface area (Å²) >= 11 is 6.06. The highest BCUT2D eigenvalue weighted by molar-refractivity contribution is 6.30. The Bertz CT molecular complexity index is 1070. The van der Waals surface area contributed by atoms with Gasteiger partial charge in [0, 0.05) is 36.3 Å². The number of hydrogen-bond donors (Lipinski definition) is 1. The fraction of sp³-hybridized carbons (Fsp3) is 0.517. The second-order valence-electron chi connectivity index (χ2n) is 10.5. The molecule has 1 fully saturated rings. The number of ether oxygens (including phenoxy) is 3. The Morgan fingerprint density at radius 2 is 1.82 bits per heavy atom. The summed E-state index contributed by atoms with van der Waals surface area (Å²) in [7, 11) is 0. The molecule has 0 bridgehead atoms. The van der Waals surface area contributed by atoms with Crippen molar-refractivity contribution >= 4 is 23.7 Å². The number of hydrogen-bond acceptors (Lipinski definition) is 6. The number of alkyl carbamates (subject to hydrolysis) is 1. The van der Waals surface area contributed by atoms with Crippen molar-refractivity contribution in [2.24, 2.45) is 5.92 Å². The Hall–Kier alpha value is -2.68. The summed E-state index contributed by atoms with van der Waals surface area (Å²) in [4.78, 5) is 27.8. The predicted octanol–water partition coefficient (Wildman–Crippen LogP) is 5.48. The number of esters is 1. The number of amides is 1. The Kier molecular flexibility index (Phi) is 10.9. The number of halogens is 2. The van der Waals surface area contributed by atoms with E-state index in [0.717, 1.165) is 18.7 Å². The van der Waals surface area contributed by atoms with E-state index >= 15 is 0 Å². The number of carbonyl (C=O) groups is 2. The zero-order chi connectivity index (χ0) is 27.7. The molecule has 2 atom stereocenters. The average molecular weight is 549 g/mol. The molecule has 0 unspecified atom stereocenters. The Morgan fingerprint density at radius 1 is 1.13 bits per heavy atom. The molecule has 208 valence electrons. The first-order valence-corrected chi connectivity index (χ1v) is 13.4. The molecular formula is C29H38ClFN2O5. The molecule has 9 heteroatoms. The zero-order valence-corrected chi connectivity index (χ0v) is 23.4. The van der Waals surface area contributed by atoms with Gasteiger partial charge in [-0.2, -0.15) is 0 Å². The van der Waals surface area contributed by atoms with E-state index in [-0.39, 0.29) is 18.4 Å². The van der Waals surface area contributed by atoms with Crippen molar-refractivity contribution in [2.45, 2.75) is 52.2 Å². The van der Waals surface area contributed by atoms with Crippen LogP contribution in [0.15, 0.2) is 42.5 Å². The molecule has 3 rings (SSSR count). The van der Waals surface area contributed by atoms with Crippen LogP contribution < -0.4 is 5.32 Å². The Balaban J connectivity index is 1.80. The third-order valence-corrected chi connectivity index (χ3v) is 6.40. The lowest BCUT2D eigenvalue weighted by atomic mass is 9.93. The molecule has 0 spiro atoms. The maximum absolute atomic E-state index is 14.3. The van der Waals surface area contributed by atoms with Gasteiger partial charge in [0.2, 0.25) is 0 Å². The van der Waals surface area contributed by atoms with E-state index in [2.05, 4.69) is 10.2 Å². The molecule has 1 N–H and O–H groups in total. The van der Waals surface area contributed by atoms with Crippen LogP contribution in [-0.2, 0) is 25.4 Å². The third-order valence-electron chi connectivity index (χ3n) is 6.17. The highest BCUT2D eigenvalue weighted by atomic mass is 35.5. The van der Waals surface area contributed by atoms with Gasteiger partial charge in [-0.25, -0.2) is 9.18 Å². The molecule has 2 aromatic rings. The number of nitrogens with zero attached hydrogens (tertiary/aromatic N) is 1. The summed E-state index contributed by atoms with van der Waals surface area (Å²) in [6.45, 7) is 10.7. The number of benzene rings is 2. The summed E-state index contributed by atoms with van der Waals surface area (Å²) in [6.07, 6.45) is 0.283. The van der Waals surface area contributed by atoms with Crippen LogP contribution >= 0.6 is 11.6 Å². The van der Waals surface area contributed by atoms with Crippen LogP contribution in [0, 0.1) is 11.7 Å². The topological polar surface area (TPSA) is 77.1 Å². The molecule has 1 amide bonds. The van der Waals surface area contributed by atoms with Gasteiger partial charge in [-0.3, -0.25) is 9.69 Å². The van der Waals surface area contributed by atoms with Gasteiger partial charge in [0.1, 0.15) is 11.4 Å². The van der Waals surface area contributed by atoms with Gasteiger partial charge in [-0.1, -0.05) is 35.9 Å². The quantitative estimate of drug-likeness (QED) is 0.396. The predicted molar refractivity (Wildman–Crippen MR) is 146 cm³/mol. The van der Waals surface area contributed by atoms with Crippen LogP contribution in [0.2, 0.25) is 5.02 Å². The van der Waals surface area contributed by atoms with Crippen LogP contribution in [0.3, 0.4) is 0 Å². The molecule has 1 saturated heterocycles. The van der Waals surface area contributed by atoms with E-state index < -0.39 is 23.7 Å². The minimum atomic E-state index is -0.661. The normalized spacial score (nSPS) is 15.9. The molecule has 2 aromatic carbocycles. The van der Waals surface area contributed by atoms with Crippen molar-refractivity contribution in [3.63, 3.8) is 0 Å². The summed E-state index contributed by atoms with van der Waals surface area (Å²) in [5, 5.41) is 3.42. The van der Waals surface area contributed by atoms with Crippen molar-refractivity contribution in [1.29, 1.82) is 0 Å². The van der Waals surface area contributed by atoms with Crippen LogP contribution in [0.4, 0.5) is 9.18 Å². The Labute approximate surface area is 229 Å². The highest BCUT2D eigenvalue weighted by Gasteiger charge is 2.29. The molecule has 1 aliphatic heterocycles. The summed E-state index contributed by atoms with van der Waals surface area (Å²) in [6, 6.07) is 11.5. The first kappa shape index (κ1) is 29.9. The van der Waals surface area contributed by atoms with E-state index in [1.165, 1.54) is 12.1 Å². The minimum Gasteiger partial charge on any atom is -0.466 e. The average Bonchev–Trinajstić information content (AvgIpc) is 2.85. The lowest BCUT2D eigenvalue weighted by molar-refractivity contribution is -0.149. The molecule has 1 aliphatic rings. The van der Waals surface area contributed by atoms with Crippen LogP contribution in [-0.4, -0.2) is 68.1 Å². The van der Waals surface area contributed by atoms with Crippen molar-refractivity contribution < 1.29 is 28.2 Å². The van der Waals surface area contributed by atoms with E-state index in [4.69, 9.17) is 25.8 Å². The van der Waals surface area contributed by atoms with Gasteiger partial charge < -0.3 is 19.5 Å². The van der Waals surface area contributed by atoms with Crippen molar-refractivity contribution in [3.05, 3.63) is 58.9 Å².